The standard InChI is InChI=1S/C25H24N2O5/c1-13-22-23(15-6-9-19(28)21(12-15)31-3)24-18(26-25(22)32-27-13)10-16(11-20(24)29)14-4-7-17(30-2)8-5-14/h4-9,12,16,23,26,28H,10-11H2,1-3H3/t16-,23+/m0/s1. The van der Waals surface area contributed by atoms with Crippen molar-refractivity contribution in [1.29, 1.82) is 0 Å². The summed E-state index contributed by atoms with van der Waals surface area (Å²) in [5.41, 5.74) is 5.07. The molecule has 2 aliphatic rings. The van der Waals surface area contributed by atoms with E-state index >= 15 is 0 Å². The van der Waals surface area contributed by atoms with E-state index in [1.54, 1.807) is 19.2 Å². The number of ketones is 1. The number of carbonyl (C=O) groups is 1. The number of hydrogen-bond acceptors (Lipinski definition) is 7. The highest BCUT2D eigenvalue weighted by molar-refractivity contribution is 6.01. The van der Waals surface area contributed by atoms with Crippen LogP contribution in [0.4, 0.5) is 5.88 Å². The van der Waals surface area contributed by atoms with Gasteiger partial charge < -0.3 is 24.4 Å². The highest BCUT2D eigenvalue weighted by Crippen LogP contribution is 2.49. The molecule has 0 saturated heterocycles. The molecule has 7 heteroatoms. The van der Waals surface area contributed by atoms with Crippen LogP contribution in [0.25, 0.3) is 0 Å². The quantitative estimate of drug-likeness (QED) is 0.619. The zero-order chi connectivity index (χ0) is 22.4. The third-order valence-electron chi connectivity index (χ3n) is 6.38. The minimum absolute atomic E-state index is 0.0520. The van der Waals surface area contributed by atoms with Crippen molar-refractivity contribution < 1.29 is 23.9 Å². The Kier molecular flexibility index (Phi) is 4.89. The molecule has 1 aliphatic carbocycles. The zero-order valence-corrected chi connectivity index (χ0v) is 18.1. The molecule has 3 aromatic rings. The van der Waals surface area contributed by atoms with Gasteiger partial charge in [-0.2, -0.15) is 0 Å². The largest absolute Gasteiger partial charge is 0.504 e. The molecule has 32 heavy (non-hydrogen) atoms. The maximum Gasteiger partial charge on any atom is 0.233 e. The molecule has 5 rings (SSSR count). The van der Waals surface area contributed by atoms with Crippen LogP contribution >= 0.6 is 0 Å². The van der Waals surface area contributed by atoms with Crippen molar-refractivity contribution in [3.63, 3.8) is 0 Å². The maximum absolute atomic E-state index is 13.5. The van der Waals surface area contributed by atoms with Crippen LogP contribution in [0.1, 0.15) is 47.1 Å². The fourth-order valence-corrected chi connectivity index (χ4v) is 4.79. The summed E-state index contributed by atoms with van der Waals surface area (Å²) in [5, 5.41) is 17.5. The number of aromatic nitrogens is 1. The second kappa shape index (κ2) is 7.75. The van der Waals surface area contributed by atoms with E-state index in [9.17, 15) is 9.90 Å². The highest BCUT2D eigenvalue weighted by atomic mass is 16.5. The minimum Gasteiger partial charge on any atom is -0.504 e. The first kappa shape index (κ1) is 20.2. The molecular weight excluding hydrogens is 408 g/mol. The molecule has 2 N–H and O–H groups in total. The molecule has 0 saturated carbocycles. The molecule has 1 aromatic heterocycles. The van der Waals surface area contributed by atoms with E-state index in [1.165, 1.54) is 7.11 Å². The second-order valence-electron chi connectivity index (χ2n) is 8.19. The number of Topliss-reactive ketones (excluding diaryl/α,β-unsaturated/α-hetero) is 1. The molecule has 2 aromatic carbocycles. The highest BCUT2D eigenvalue weighted by Gasteiger charge is 2.41. The van der Waals surface area contributed by atoms with Gasteiger partial charge in [-0.05, 0) is 54.7 Å². The normalized spacial score (nSPS) is 19.8. The molecular formula is C25H24N2O5. The summed E-state index contributed by atoms with van der Waals surface area (Å²) < 4.78 is 16.1. The molecule has 2 heterocycles. The van der Waals surface area contributed by atoms with Crippen LogP contribution in [0.2, 0.25) is 0 Å². The third kappa shape index (κ3) is 3.21. The van der Waals surface area contributed by atoms with Gasteiger partial charge in [-0.15, -0.1) is 0 Å². The Labute approximate surface area is 185 Å². The van der Waals surface area contributed by atoms with Crippen molar-refractivity contribution in [3.05, 3.63) is 76.1 Å². The lowest BCUT2D eigenvalue weighted by Gasteiger charge is -2.34. The van der Waals surface area contributed by atoms with E-state index in [4.69, 9.17) is 14.0 Å². The minimum atomic E-state index is -0.341. The van der Waals surface area contributed by atoms with Gasteiger partial charge in [0.05, 0.1) is 25.5 Å². The van der Waals surface area contributed by atoms with Crippen molar-refractivity contribution in [1.82, 2.24) is 5.16 Å². The topological polar surface area (TPSA) is 93.8 Å². The zero-order valence-electron chi connectivity index (χ0n) is 18.1. The number of aromatic hydroxyl groups is 1. The van der Waals surface area contributed by atoms with Crippen molar-refractivity contribution in [3.8, 4) is 17.2 Å². The first-order valence-electron chi connectivity index (χ1n) is 10.5. The Bertz CT molecular complexity index is 1230. The average Bonchev–Trinajstić information content (AvgIpc) is 3.18. The van der Waals surface area contributed by atoms with E-state index in [1.807, 2.05) is 37.3 Å². The monoisotopic (exact) mass is 432 g/mol. The summed E-state index contributed by atoms with van der Waals surface area (Å²) in [4.78, 5) is 13.5. The predicted octanol–water partition coefficient (Wildman–Crippen LogP) is 4.66. The number of phenols is 1. The van der Waals surface area contributed by atoms with Crippen molar-refractivity contribution >= 4 is 11.7 Å². The van der Waals surface area contributed by atoms with Crippen molar-refractivity contribution in [2.45, 2.75) is 31.6 Å². The smallest absolute Gasteiger partial charge is 0.233 e. The number of fused-ring (bicyclic) bond motifs is 1. The Morgan fingerprint density at radius 2 is 1.81 bits per heavy atom. The molecule has 0 spiro atoms. The summed E-state index contributed by atoms with van der Waals surface area (Å²) in [5.74, 6) is 1.56. The molecule has 1 aliphatic heterocycles. The number of methoxy groups -OCH3 is 2. The number of phenolic OH excluding ortho intramolecular Hbond substituents is 1. The number of nitrogens with one attached hydrogen (secondary N) is 1. The molecule has 0 radical (unpaired) electrons. The second-order valence-corrected chi connectivity index (χ2v) is 8.19. The first-order chi connectivity index (χ1) is 15.5. The van der Waals surface area contributed by atoms with E-state index in [0.717, 1.165) is 39.4 Å². The Morgan fingerprint density at radius 1 is 1.06 bits per heavy atom. The summed E-state index contributed by atoms with van der Waals surface area (Å²) in [6, 6.07) is 13.0. The summed E-state index contributed by atoms with van der Waals surface area (Å²) in [6.07, 6.45) is 1.09. The van der Waals surface area contributed by atoms with Crippen molar-refractivity contribution in [2.24, 2.45) is 0 Å². The van der Waals surface area contributed by atoms with Crippen LogP contribution in [-0.4, -0.2) is 30.3 Å². The Hall–Kier alpha value is -3.74. The maximum atomic E-state index is 13.5. The van der Waals surface area contributed by atoms with E-state index in [-0.39, 0.29) is 23.4 Å². The van der Waals surface area contributed by atoms with Gasteiger partial charge in [-0.3, -0.25) is 4.79 Å². The fourth-order valence-electron chi connectivity index (χ4n) is 4.79. The number of nitrogens with zero attached hydrogens (tertiary/aromatic N) is 1. The predicted molar refractivity (Wildman–Crippen MR) is 118 cm³/mol. The van der Waals surface area contributed by atoms with Gasteiger partial charge in [0, 0.05) is 23.6 Å². The molecule has 7 nitrogen and oxygen atoms in total. The van der Waals surface area contributed by atoms with Gasteiger partial charge in [-0.25, -0.2) is 0 Å². The average molecular weight is 432 g/mol. The lowest BCUT2D eigenvalue weighted by atomic mass is 9.72. The molecule has 2 atom stereocenters. The van der Waals surface area contributed by atoms with Crippen LogP contribution < -0.4 is 14.8 Å². The number of ether oxygens (including phenoxy) is 2. The number of allylic oxidation sites excluding steroid dienone is 2. The van der Waals surface area contributed by atoms with Gasteiger partial charge in [0.1, 0.15) is 5.75 Å². The molecule has 0 bridgehead atoms. The number of aryl methyl sites for hydroxylation is 1. The van der Waals surface area contributed by atoms with Gasteiger partial charge in [0.15, 0.2) is 17.3 Å². The molecule has 164 valence electrons. The van der Waals surface area contributed by atoms with Gasteiger partial charge in [-0.1, -0.05) is 23.4 Å². The van der Waals surface area contributed by atoms with Gasteiger partial charge >= 0.3 is 0 Å². The fraction of sp³-hybridized carbons (Fsp3) is 0.280. The molecule has 0 amide bonds. The van der Waals surface area contributed by atoms with E-state index in [0.29, 0.717) is 24.5 Å². The van der Waals surface area contributed by atoms with Crippen LogP contribution in [0.3, 0.4) is 0 Å². The summed E-state index contributed by atoms with van der Waals surface area (Å²) in [7, 11) is 3.14. The van der Waals surface area contributed by atoms with Gasteiger partial charge in [0.25, 0.3) is 0 Å². The van der Waals surface area contributed by atoms with E-state index in [2.05, 4.69) is 10.5 Å². The molecule has 0 fully saturated rings. The SMILES string of the molecule is COc1ccc([C@@H]2CC(=O)C3=C(C2)Nc2onc(C)c2[C@H]3c2ccc(O)c(OC)c2)cc1. The van der Waals surface area contributed by atoms with Crippen LogP contribution in [0.5, 0.6) is 17.2 Å². The van der Waals surface area contributed by atoms with Crippen LogP contribution in [0.15, 0.2) is 58.3 Å². The lowest BCUT2D eigenvalue weighted by molar-refractivity contribution is -0.116. The van der Waals surface area contributed by atoms with Crippen LogP contribution in [0, 0.1) is 6.92 Å². The van der Waals surface area contributed by atoms with E-state index < -0.39 is 0 Å². The molecule has 0 unspecified atom stereocenters. The number of rotatable bonds is 4. The summed E-state index contributed by atoms with van der Waals surface area (Å²) >= 11 is 0. The number of anilines is 1. The van der Waals surface area contributed by atoms with Crippen LogP contribution in [-0.2, 0) is 4.79 Å². The van der Waals surface area contributed by atoms with Gasteiger partial charge in [0.2, 0.25) is 5.88 Å². The van der Waals surface area contributed by atoms with Crippen molar-refractivity contribution in [2.75, 3.05) is 19.5 Å². The Morgan fingerprint density at radius 3 is 2.53 bits per heavy atom. The first-order valence-corrected chi connectivity index (χ1v) is 10.5. The summed E-state index contributed by atoms with van der Waals surface area (Å²) in [6.45, 7) is 1.87. The number of benzene rings is 2. The lowest BCUT2D eigenvalue weighted by Crippen LogP contribution is -2.29. The third-order valence-corrected chi connectivity index (χ3v) is 6.38. The number of carbonyl (C=O) groups excluding carboxylic acids is 1. The Balaban J connectivity index is 1.59. The number of hydrogen-bond donors (Lipinski definition) is 2.